The lowest BCUT2D eigenvalue weighted by molar-refractivity contribution is -0.00586. The van der Waals surface area contributed by atoms with Gasteiger partial charge in [-0.3, -0.25) is 19.4 Å². The van der Waals surface area contributed by atoms with Crippen LogP contribution in [0.25, 0.3) is 11.0 Å². The minimum atomic E-state index is -0.584. The molecule has 0 spiro atoms. The van der Waals surface area contributed by atoms with Gasteiger partial charge in [0, 0.05) is 30.9 Å². The highest BCUT2D eigenvalue weighted by molar-refractivity contribution is 6.04. The molecule has 1 amide bonds. The number of hydrogen-bond donors (Lipinski definition) is 2. The van der Waals surface area contributed by atoms with Gasteiger partial charge in [-0.15, -0.1) is 0 Å². The van der Waals surface area contributed by atoms with Gasteiger partial charge in [-0.1, -0.05) is 0 Å². The quantitative estimate of drug-likeness (QED) is 0.751. The number of nitrogens with one attached hydrogen (secondary N) is 1. The van der Waals surface area contributed by atoms with E-state index in [0.29, 0.717) is 17.5 Å². The molecule has 1 fully saturated rings. The van der Waals surface area contributed by atoms with Crippen LogP contribution in [0, 0.1) is 5.82 Å². The summed E-state index contributed by atoms with van der Waals surface area (Å²) >= 11 is 0. The van der Waals surface area contributed by atoms with Crippen molar-refractivity contribution >= 4 is 16.9 Å². The predicted octanol–water partition coefficient (Wildman–Crippen LogP) is 1.07. The number of amides is 1. The highest BCUT2D eigenvalue weighted by Gasteiger charge is 2.42. The molecular formula is C16H14FN5O2. The zero-order chi connectivity index (χ0) is 16.7. The van der Waals surface area contributed by atoms with E-state index in [1.807, 2.05) is 0 Å². The summed E-state index contributed by atoms with van der Waals surface area (Å²) in [6, 6.07) is 3.50. The Labute approximate surface area is 136 Å². The van der Waals surface area contributed by atoms with Crippen molar-refractivity contribution in [3.8, 4) is 0 Å². The molecule has 1 saturated carbocycles. The topological polar surface area (TPSA) is 92.9 Å². The molecule has 8 heteroatoms. The van der Waals surface area contributed by atoms with Crippen LogP contribution in [0.2, 0.25) is 0 Å². The van der Waals surface area contributed by atoms with E-state index in [1.165, 1.54) is 18.5 Å². The number of carbonyl (C=O) groups is 1. The number of aliphatic hydroxyl groups is 1. The molecule has 122 valence electrons. The number of halogens is 1. The average molecular weight is 327 g/mol. The molecule has 3 atom stereocenters. The summed E-state index contributed by atoms with van der Waals surface area (Å²) in [7, 11) is 0. The van der Waals surface area contributed by atoms with Crippen LogP contribution in [0.4, 0.5) is 4.39 Å². The van der Waals surface area contributed by atoms with Crippen molar-refractivity contribution in [1.82, 2.24) is 25.1 Å². The SMILES string of the molecule is O=C(N[C@H]1C[C@@H](O)[C@@H]1n1cccn1)c1cc(F)cc2nccnc12. The standard InChI is InChI=1S/C16H14FN5O2/c17-9-6-10(14-11(7-9)18-3-4-19-14)16(24)21-12-8-13(23)15(12)22-5-1-2-20-22/h1-7,12-13,15,23H,8H2,(H,21,24)/t12-,13+,15+/m0/s1. The smallest absolute Gasteiger partial charge is 0.253 e. The fourth-order valence-electron chi connectivity index (χ4n) is 3.03. The molecule has 0 unspecified atom stereocenters. The van der Waals surface area contributed by atoms with Crippen LogP contribution in [-0.4, -0.2) is 42.9 Å². The molecule has 0 radical (unpaired) electrons. The molecule has 4 rings (SSSR count). The van der Waals surface area contributed by atoms with Gasteiger partial charge >= 0.3 is 0 Å². The molecule has 7 nitrogen and oxygen atoms in total. The number of carbonyl (C=O) groups excluding carboxylic acids is 1. The van der Waals surface area contributed by atoms with Crippen molar-refractivity contribution < 1.29 is 14.3 Å². The first-order valence-corrected chi connectivity index (χ1v) is 7.52. The maximum Gasteiger partial charge on any atom is 0.253 e. The largest absolute Gasteiger partial charge is 0.391 e. The van der Waals surface area contributed by atoms with E-state index in [0.717, 1.165) is 6.07 Å². The zero-order valence-electron chi connectivity index (χ0n) is 12.5. The summed E-state index contributed by atoms with van der Waals surface area (Å²) in [5.74, 6) is -1.00. The second-order valence-electron chi connectivity index (χ2n) is 5.74. The minimum absolute atomic E-state index is 0.124. The summed E-state index contributed by atoms with van der Waals surface area (Å²) in [5, 5.41) is 16.9. The van der Waals surface area contributed by atoms with E-state index in [-0.39, 0.29) is 17.6 Å². The van der Waals surface area contributed by atoms with Gasteiger partial charge < -0.3 is 10.4 Å². The summed E-state index contributed by atoms with van der Waals surface area (Å²) < 4.78 is 15.4. The van der Waals surface area contributed by atoms with Crippen molar-refractivity contribution in [2.24, 2.45) is 0 Å². The van der Waals surface area contributed by atoms with Crippen molar-refractivity contribution in [3.05, 3.63) is 54.4 Å². The van der Waals surface area contributed by atoms with Crippen LogP contribution in [-0.2, 0) is 0 Å². The summed E-state index contributed by atoms with van der Waals surface area (Å²) in [6.45, 7) is 0. The van der Waals surface area contributed by atoms with Gasteiger partial charge in [0.25, 0.3) is 5.91 Å². The second kappa shape index (κ2) is 5.64. The summed E-state index contributed by atoms with van der Waals surface area (Å²) in [4.78, 5) is 20.7. The van der Waals surface area contributed by atoms with Crippen molar-refractivity contribution in [1.29, 1.82) is 0 Å². The Balaban J connectivity index is 1.61. The van der Waals surface area contributed by atoms with Gasteiger partial charge in [-0.2, -0.15) is 5.10 Å². The molecule has 0 bridgehead atoms. The van der Waals surface area contributed by atoms with Crippen molar-refractivity contribution in [3.63, 3.8) is 0 Å². The third-order valence-corrected chi connectivity index (χ3v) is 4.23. The fourth-order valence-corrected chi connectivity index (χ4v) is 3.03. The Morgan fingerprint density at radius 2 is 2.12 bits per heavy atom. The molecule has 2 heterocycles. The molecule has 24 heavy (non-hydrogen) atoms. The molecule has 1 aromatic carbocycles. The van der Waals surface area contributed by atoms with Gasteiger partial charge in [-0.25, -0.2) is 4.39 Å². The van der Waals surface area contributed by atoms with Gasteiger partial charge in [0.15, 0.2) is 0 Å². The van der Waals surface area contributed by atoms with E-state index in [4.69, 9.17) is 0 Å². The number of fused-ring (bicyclic) bond motifs is 1. The third-order valence-electron chi connectivity index (χ3n) is 4.23. The third kappa shape index (κ3) is 2.41. The van der Waals surface area contributed by atoms with E-state index in [2.05, 4.69) is 20.4 Å². The maximum atomic E-state index is 13.8. The molecule has 2 aromatic heterocycles. The van der Waals surface area contributed by atoms with Gasteiger partial charge in [0.2, 0.25) is 0 Å². The van der Waals surface area contributed by atoms with Crippen LogP contribution in [0.1, 0.15) is 22.8 Å². The van der Waals surface area contributed by atoms with Gasteiger partial charge in [0.05, 0.1) is 29.3 Å². The number of benzene rings is 1. The summed E-state index contributed by atoms with van der Waals surface area (Å²) in [6.07, 6.45) is 6.07. The van der Waals surface area contributed by atoms with Gasteiger partial charge in [-0.05, 0) is 18.6 Å². The highest BCUT2D eigenvalue weighted by atomic mass is 19.1. The molecule has 2 N–H and O–H groups in total. The number of rotatable bonds is 3. The first kappa shape index (κ1) is 14.7. The minimum Gasteiger partial charge on any atom is -0.391 e. The number of aromatic nitrogens is 4. The lowest BCUT2D eigenvalue weighted by Gasteiger charge is -2.41. The lowest BCUT2D eigenvalue weighted by atomic mass is 9.83. The van der Waals surface area contributed by atoms with Crippen molar-refractivity contribution in [2.45, 2.75) is 24.6 Å². The first-order chi connectivity index (χ1) is 11.6. The van der Waals surface area contributed by atoms with Crippen LogP contribution in [0.5, 0.6) is 0 Å². The Hall–Kier alpha value is -2.87. The molecule has 1 aliphatic rings. The van der Waals surface area contributed by atoms with E-state index >= 15 is 0 Å². The number of nitrogens with zero attached hydrogens (tertiary/aromatic N) is 4. The second-order valence-corrected chi connectivity index (χ2v) is 5.74. The number of hydrogen-bond acceptors (Lipinski definition) is 5. The zero-order valence-corrected chi connectivity index (χ0v) is 12.5. The first-order valence-electron chi connectivity index (χ1n) is 7.52. The fraction of sp³-hybridized carbons (Fsp3) is 0.250. The van der Waals surface area contributed by atoms with Crippen LogP contribution in [0.15, 0.2) is 43.0 Å². The normalized spacial score (nSPS) is 23.0. The Bertz CT molecular complexity index is 899. The number of aliphatic hydroxyl groups excluding tert-OH is 1. The van der Waals surface area contributed by atoms with E-state index in [1.54, 1.807) is 23.1 Å². The van der Waals surface area contributed by atoms with Crippen molar-refractivity contribution in [2.75, 3.05) is 0 Å². The van der Waals surface area contributed by atoms with E-state index < -0.39 is 17.8 Å². The van der Waals surface area contributed by atoms with E-state index in [9.17, 15) is 14.3 Å². The molecule has 1 aliphatic carbocycles. The van der Waals surface area contributed by atoms with Crippen LogP contribution >= 0.6 is 0 Å². The Morgan fingerprint density at radius 3 is 2.88 bits per heavy atom. The Kier molecular flexibility index (Phi) is 3.46. The average Bonchev–Trinajstić information content (AvgIpc) is 3.06. The monoisotopic (exact) mass is 327 g/mol. The maximum absolute atomic E-state index is 13.8. The molecular weight excluding hydrogens is 313 g/mol. The molecule has 3 aromatic rings. The molecule has 0 saturated heterocycles. The van der Waals surface area contributed by atoms with Crippen LogP contribution in [0.3, 0.4) is 0 Å². The van der Waals surface area contributed by atoms with Gasteiger partial charge in [0.1, 0.15) is 11.3 Å². The predicted molar refractivity (Wildman–Crippen MR) is 82.6 cm³/mol. The molecule has 0 aliphatic heterocycles. The lowest BCUT2D eigenvalue weighted by Crippen LogP contribution is -2.56. The highest BCUT2D eigenvalue weighted by Crippen LogP contribution is 2.32. The van der Waals surface area contributed by atoms with Crippen LogP contribution < -0.4 is 5.32 Å². The summed E-state index contributed by atoms with van der Waals surface area (Å²) in [5.41, 5.74) is 0.783. The Morgan fingerprint density at radius 1 is 1.29 bits per heavy atom.